The molecule has 10 heteroatoms. The van der Waals surface area contributed by atoms with Crippen LogP contribution in [-0.4, -0.2) is 51.7 Å². The maximum Gasteiger partial charge on any atom is 0.207 e. The maximum absolute atomic E-state index is 12.0. The Morgan fingerprint density at radius 1 is 0.578 bits per heavy atom. The lowest BCUT2D eigenvalue weighted by Crippen LogP contribution is -2.37. The third kappa shape index (κ3) is 9.83. The average molecular weight is 1110 g/mol. The third-order valence-corrected chi connectivity index (χ3v) is 17.9. The van der Waals surface area contributed by atoms with Crippen LogP contribution in [0.4, 0.5) is 0 Å². The molecule has 5 aromatic carbocycles. The fourth-order valence-electron chi connectivity index (χ4n) is 13.2. The first-order chi connectivity index (χ1) is 39.2. The molecule has 0 amide bonds. The fraction of sp³-hybridized carbons (Fsp3) is 0.247. The Morgan fingerprint density at radius 3 is 1.87 bits per heavy atom. The molecular weight excluding hydrogens is 1040 g/mol. The summed E-state index contributed by atoms with van der Waals surface area (Å²) in [7, 11) is 0. The summed E-state index contributed by atoms with van der Waals surface area (Å²) in [5.74, 6) is -12.2. The van der Waals surface area contributed by atoms with Crippen molar-refractivity contribution in [1.82, 2.24) is 0 Å². The van der Waals surface area contributed by atoms with Crippen molar-refractivity contribution in [2.75, 3.05) is 0 Å². The van der Waals surface area contributed by atoms with Crippen LogP contribution in [0, 0.1) is 19.8 Å². The molecule has 11 rings (SSSR count). The molecule has 9 N–H and O–H groups in total. The second kappa shape index (κ2) is 22.0. The van der Waals surface area contributed by atoms with Crippen LogP contribution in [0.1, 0.15) is 123 Å². The summed E-state index contributed by atoms with van der Waals surface area (Å²) in [5.41, 5.74) is 16.3. The highest BCUT2D eigenvalue weighted by atomic mass is 16.4. The van der Waals surface area contributed by atoms with Gasteiger partial charge in [-0.15, -0.1) is 0 Å². The topological polar surface area (TPSA) is 199 Å². The van der Waals surface area contributed by atoms with Crippen LogP contribution in [0.5, 0.6) is 0 Å². The molecule has 6 aliphatic rings. The molecule has 0 saturated carbocycles. The van der Waals surface area contributed by atoms with E-state index in [1.54, 1.807) is 36.8 Å². The first-order valence-electron chi connectivity index (χ1n) is 28.0. The van der Waals surface area contributed by atoms with Gasteiger partial charge in [-0.25, -0.2) is 0 Å². The molecule has 0 radical (unpaired) electrons. The Morgan fingerprint density at radius 2 is 1.18 bits per heavy atom. The number of aryl methyl sites for hydroxylation is 3. The van der Waals surface area contributed by atoms with Gasteiger partial charge in [0.1, 0.15) is 5.41 Å². The summed E-state index contributed by atoms with van der Waals surface area (Å²) in [6.07, 6.45) is 20.7. The summed E-state index contributed by atoms with van der Waals surface area (Å²) in [5, 5.41) is 98.3. The van der Waals surface area contributed by atoms with Gasteiger partial charge in [-0.1, -0.05) is 210 Å². The van der Waals surface area contributed by atoms with Gasteiger partial charge in [-0.3, -0.25) is 4.79 Å². The lowest BCUT2D eigenvalue weighted by atomic mass is 9.66. The van der Waals surface area contributed by atoms with Gasteiger partial charge in [0.25, 0.3) is 0 Å². The van der Waals surface area contributed by atoms with Crippen LogP contribution in [-0.2, 0) is 32.9 Å². The van der Waals surface area contributed by atoms with E-state index < -0.39 is 68.4 Å². The van der Waals surface area contributed by atoms with Crippen molar-refractivity contribution in [3.8, 4) is 22.3 Å². The number of rotatable bonds is 9. The third-order valence-electron chi connectivity index (χ3n) is 17.9. The number of benzene rings is 5. The van der Waals surface area contributed by atoms with Crippen LogP contribution in [0.15, 0.2) is 228 Å². The predicted octanol–water partition coefficient (Wildman–Crippen LogP) is 17.7. The van der Waals surface area contributed by atoms with Crippen molar-refractivity contribution < 1.29 is 50.8 Å². The van der Waals surface area contributed by atoms with Crippen LogP contribution in [0.25, 0.3) is 33.4 Å². The highest BCUT2D eigenvalue weighted by Gasteiger charge is 2.61. The van der Waals surface area contributed by atoms with E-state index in [-0.39, 0.29) is 16.6 Å². The normalized spacial score (nSPS) is 22.3. The fourth-order valence-corrected chi connectivity index (χ4v) is 13.2. The molecule has 83 heavy (non-hydrogen) atoms. The summed E-state index contributed by atoms with van der Waals surface area (Å²) < 4.78 is 0. The summed E-state index contributed by atoms with van der Waals surface area (Å²) in [6, 6.07) is 33.6. The Bertz CT molecular complexity index is 3850. The summed E-state index contributed by atoms with van der Waals surface area (Å²) in [4.78, 5) is 11.9. The van der Waals surface area contributed by atoms with Gasteiger partial charge < -0.3 is 46.0 Å². The minimum Gasteiger partial charge on any atom is -0.507 e. The van der Waals surface area contributed by atoms with E-state index in [9.17, 15) is 50.8 Å². The minimum absolute atomic E-state index is 0.0851. The molecule has 0 aromatic heterocycles. The molecule has 0 bridgehead atoms. The van der Waals surface area contributed by atoms with Gasteiger partial charge >= 0.3 is 0 Å². The number of allylic oxidation sites excluding steroid dienone is 13. The minimum atomic E-state index is -2.52. The second-order valence-electron chi connectivity index (χ2n) is 23.9. The van der Waals surface area contributed by atoms with E-state index in [4.69, 9.17) is 0 Å². The summed E-state index contributed by atoms with van der Waals surface area (Å²) in [6.45, 7) is 25.3. The van der Waals surface area contributed by atoms with Gasteiger partial charge in [-0.2, -0.15) is 0 Å². The van der Waals surface area contributed by atoms with Crippen LogP contribution in [0.3, 0.4) is 0 Å². The van der Waals surface area contributed by atoms with Crippen molar-refractivity contribution in [3.05, 3.63) is 284 Å². The largest absolute Gasteiger partial charge is 0.507 e. The zero-order chi connectivity index (χ0) is 60.2. The first kappa shape index (κ1) is 58.5. The maximum atomic E-state index is 12.0. The van der Waals surface area contributed by atoms with Crippen LogP contribution >= 0.6 is 0 Å². The number of aliphatic hydroxyl groups is 9. The highest BCUT2D eigenvalue weighted by Crippen LogP contribution is 2.63. The molecule has 0 heterocycles. The van der Waals surface area contributed by atoms with E-state index in [1.165, 1.54) is 62.6 Å². The van der Waals surface area contributed by atoms with E-state index in [2.05, 4.69) is 140 Å². The van der Waals surface area contributed by atoms with E-state index in [0.717, 1.165) is 42.0 Å². The van der Waals surface area contributed by atoms with Crippen molar-refractivity contribution in [1.29, 1.82) is 0 Å². The van der Waals surface area contributed by atoms with Crippen molar-refractivity contribution >= 4 is 16.9 Å². The lowest BCUT2D eigenvalue weighted by molar-refractivity contribution is -0.116. The molecule has 426 valence electrons. The summed E-state index contributed by atoms with van der Waals surface area (Å²) >= 11 is 0. The number of Topliss-reactive ketones (excluding diaryl/α,β-unsaturated/α-hetero) is 1. The number of aliphatic hydroxyl groups excluding tert-OH is 9. The molecule has 0 spiro atoms. The molecule has 0 saturated heterocycles. The molecule has 3 atom stereocenters. The monoisotopic (exact) mass is 1110 g/mol. The van der Waals surface area contributed by atoms with E-state index in [0.29, 0.717) is 28.9 Å². The molecule has 3 unspecified atom stereocenters. The van der Waals surface area contributed by atoms with Crippen molar-refractivity contribution in [3.63, 3.8) is 0 Å². The molecule has 5 aromatic rings. The molecule has 0 fully saturated rings. The number of fused-ring (bicyclic) bond motifs is 10. The molecule has 0 aliphatic heterocycles. The molecule has 6 aliphatic carbocycles. The van der Waals surface area contributed by atoms with Gasteiger partial charge in [0.05, 0.1) is 0 Å². The Kier molecular flexibility index (Phi) is 15.5. The van der Waals surface area contributed by atoms with Crippen LogP contribution < -0.4 is 0 Å². The van der Waals surface area contributed by atoms with Crippen LogP contribution in [0.2, 0.25) is 0 Å². The molecule has 10 nitrogen and oxygen atoms in total. The number of ketones is 1. The standard InChI is InChI=1S/C41H40O10.C16H18.C16H16/c1-6-21(2)10-11-24-12-13-27-19-25(14-16-28(24)27)26-15-17-29-30(20-26)41(31-9-7-8-18-40(29,31)5,38(50)36(48)34(46)32(44)22(3)42)39(51)37(49)35(47)33(45)23(4)43;1-11-8-9-15-13(10-11)12-6-4-5-7-14(12)16(15,2)3;1-11-8-9-13-12-6-4-5-7-14(12)16(2,3)15(13)10-11/h6-11,14-17,19-20,42,44-51H,1,3,12-13,18H2,2,4-5H3;4-6,8-10,14H,7H2,1-3H3;4-10H,1-3H3/b21-10-,24-11+,34-32-,35-33-,38-36?,39-37?;;. The molecular formula is C73H74O10. The van der Waals surface area contributed by atoms with Crippen molar-refractivity contribution in [2.24, 2.45) is 5.92 Å². The smallest absolute Gasteiger partial charge is 0.207 e. The first-order valence-corrected chi connectivity index (χ1v) is 28.0. The van der Waals surface area contributed by atoms with E-state index >= 15 is 0 Å². The van der Waals surface area contributed by atoms with Gasteiger partial charge in [0.2, 0.25) is 34.6 Å². The number of hydrogen-bond acceptors (Lipinski definition) is 10. The Balaban J connectivity index is 0.000000205. The zero-order valence-corrected chi connectivity index (χ0v) is 48.7. The van der Waals surface area contributed by atoms with Crippen molar-refractivity contribution in [2.45, 2.75) is 110 Å². The number of carbonyl (C=O) groups is 1. The second-order valence-corrected chi connectivity index (χ2v) is 23.9. The van der Waals surface area contributed by atoms with E-state index in [1.807, 2.05) is 43.3 Å². The quantitative estimate of drug-likeness (QED) is 0.0389. The lowest BCUT2D eigenvalue weighted by Gasteiger charge is -2.37. The number of hydrogen-bond donors (Lipinski definition) is 9. The number of carbonyl (C=O) groups excluding carboxylic acids is 1. The van der Waals surface area contributed by atoms with Gasteiger partial charge in [-0.05, 0) is 147 Å². The zero-order valence-electron chi connectivity index (χ0n) is 48.7. The average Bonchev–Trinajstić information content (AvgIpc) is 1.69. The Hall–Kier alpha value is -9.15. The van der Waals surface area contributed by atoms with Gasteiger partial charge in [0.15, 0.2) is 23.1 Å². The highest BCUT2D eigenvalue weighted by molar-refractivity contribution is 5.92. The Labute approximate surface area is 486 Å². The predicted molar refractivity (Wildman–Crippen MR) is 333 cm³/mol. The van der Waals surface area contributed by atoms with Gasteiger partial charge in [0, 0.05) is 17.8 Å². The SMILES string of the molecule is C=C/C(C)=C\C=C1/CCc2cc(-c3ccc4c(c3)C(C(O)=C(O)/C(O)=C(/O)C(=C)O)(C(O)=C(O)/C(O)=C(/O)C(C)=O)C3=CC=CCC34C)ccc21.Cc1ccc2c(c1)C(C)(C)c1ccccc1-2.Cc1ccc2c(c1)C1=CC=CCC1C2(C)C.